The molecule has 0 radical (unpaired) electrons. The molecule has 3 aromatic rings. The summed E-state index contributed by atoms with van der Waals surface area (Å²) in [7, 11) is 0. The summed E-state index contributed by atoms with van der Waals surface area (Å²) in [6.45, 7) is 0. The second-order valence-electron chi connectivity index (χ2n) is 3.27. The van der Waals surface area contributed by atoms with Gasteiger partial charge >= 0.3 is 0 Å². The van der Waals surface area contributed by atoms with E-state index in [-0.39, 0.29) is 11.8 Å². The molecule has 0 aliphatic heterocycles. The van der Waals surface area contributed by atoms with E-state index < -0.39 is 3.79 Å². The summed E-state index contributed by atoms with van der Waals surface area (Å²) in [6, 6.07) is 7.24. The molecule has 0 aliphatic carbocycles. The lowest BCUT2D eigenvalue weighted by Gasteiger charge is -2.01. The average molecular weight is 321 g/mol. The summed E-state index contributed by atoms with van der Waals surface area (Å²) in [5.74, 6) is 0.517. The van der Waals surface area contributed by atoms with Gasteiger partial charge in [-0.05, 0) is 24.3 Å². The first-order valence-electron chi connectivity index (χ1n) is 5.09. The molecule has 0 saturated carbocycles. The minimum absolute atomic E-state index is 0.0890. The molecule has 0 fully saturated rings. The Morgan fingerprint density at radius 3 is 2.21 bits per heavy atom. The van der Waals surface area contributed by atoms with E-state index in [1.54, 1.807) is 12.1 Å². The van der Waals surface area contributed by atoms with Gasteiger partial charge in [-0.2, -0.15) is 0 Å². The van der Waals surface area contributed by atoms with E-state index in [4.69, 9.17) is 43.6 Å². The summed E-state index contributed by atoms with van der Waals surface area (Å²) >= 11 is 16.6. The van der Waals surface area contributed by atoms with E-state index in [9.17, 15) is 0 Å². The molecule has 8 heteroatoms. The Balaban J connectivity index is 0.000000224. The summed E-state index contributed by atoms with van der Waals surface area (Å²) in [5.41, 5.74) is 0. The fraction of sp³-hybridized carbons (Fsp3) is 0.0909. The number of rotatable bonds is 1. The molecule has 3 rings (SSSR count). The lowest BCUT2D eigenvalue weighted by Crippen LogP contribution is -1.99. The molecule has 0 bridgehead atoms. The normalized spacial score (nSPS) is 10.9. The zero-order valence-corrected chi connectivity index (χ0v) is 11.7. The van der Waals surface area contributed by atoms with Crippen LogP contribution in [0.25, 0.3) is 11.7 Å². The van der Waals surface area contributed by atoms with Crippen LogP contribution < -0.4 is 0 Å². The predicted molar refractivity (Wildman–Crippen MR) is 72.0 cm³/mol. The Morgan fingerprint density at radius 1 is 1.05 bits per heavy atom. The van der Waals surface area contributed by atoms with Crippen molar-refractivity contribution in [2.75, 3.05) is 0 Å². The molecule has 3 aromatic heterocycles. The van der Waals surface area contributed by atoms with Crippen LogP contribution in [0.4, 0.5) is 0 Å². The Kier molecular flexibility index (Phi) is 4.52. The number of hydrogen-bond donors (Lipinski definition) is 1. The number of furan rings is 1. The fourth-order valence-electron chi connectivity index (χ4n) is 1.12. The highest BCUT2D eigenvalue weighted by Gasteiger charge is 2.30. The topological polar surface area (TPSA) is 67.8 Å². The molecular formula is C11H8Cl3N3O2. The van der Waals surface area contributed by atoms with E-state index in [1.807, 2.05) is 24.5 Å². The molecule has 5 nitrogen and oxygen atoms in total. The average Bonchev–Trinajstić information content (AvgIpc) is 3.13. The lowest BCUT2D eigenvalue weighted by atomic mass is 10.5. The van der Waals surface area contributed by atoms with Crippen LogP contribution >= 0.6 is 34.8 Å². The van der Waals surface area contributed by atoms with Crippen molar-refractivity contribution in [2.24, 2.45) is 0 Å². The number of H-pyrrole nitrogens is 1. The third-order valence-electron chi connectivity index (χ3n) is 1.90. The summed E-state index contributed by atoms with van der Waals surface area (Å²) < 4.78 is 8.39. The Labute approximate surface area is 123 Å². The molecule has 0 aliphatic rings. The number of hydrogen-bond acceptors (Lipinski definition) is 4. The molecule has 0 spiro atoms. The zero-order valence-electron chi connectivity index (χ0n) is 9.39. The van der Waals surface area contributed by atoms with Crippen LogP contribution in [0.2, 0.25) is 0 Å². The number of aromatic amines is 1. The number of halogens is 3. The lowest BCUT2D eigenvalue weighted by molar-refractivity contribution is 0.485. The molecular weight excluding hydrogens is 312 g/mol. The monoisotopic (exact) mass is 319 g/mol. The Bertz CT molecular complexity index is 568. The van der Waals surface area contributed by atoms with Gasteiger partial charge < -0.3 is 13.8 Å². The Morgan fingerprint density at radius 2 is 1.79 bits per heavy atom. The van der Waals surface area contributed by atoms with Gasteiger partial charge in [-0.3, -0.25) is 0 Å². The van der Waals surface area contributed by atoms with Crippen molar-refractivity contribution in [3.8, 4) is 11.7 Å². The minimum Gasteiger partial charge on any atom is -0.459 e. The van der Waals surface area contributed by atoms with E-state index in [1.165, 1.54) is 6.26 Å². The third kappa shape index (κ3) is 4.02. The van der Waals surface area contributed by atoms with Gasteiger partial charge in [0.25, 0.3) is 15.6 Å². The minimum atomic E-state index is -1.71. The van der Waals surface area contributed by atoms with Crippen LogP contribution in [0.1, 0.15) is 5.89 Å². The quantitative estimate of drug-likeness (QED) is 0.683. The second kappa shape index (κ2) is 6.14. The van der Waals surface area contributed by atoms with Crippen LogP contribution in [0, 0.1) is 0 Å². The first-order valence-corrected chi connectivity index (χ1v) is 6.23. The van der Waals surface area contributed by atoms with E-state index in [2.05, 4.69) is 15.2 Å². The van der Waals surface area contributed by atoms with Crippen LogP contribution in [0.5, 0.6) is 0 Å². The van der Waals surface area contributed by atoms with Crippen molar-refractivity contribution in [1.82, 2.24) is 15.2 Å². The maximum absolute atomic E-state index is 5.54. The van der Waals surface area contributed by atoms with Crippen molar-refractivity contribution in [3.05, 3.63) is 48.8 Å². The standard InChI is InChI=1S/C7H3Cl3N2O2.C4H5N/c8-7(9,10)6-12-11-5(14-6)4-2-1-3-13-4;1-2-4-5-3-1/h1-3H;1-5H. The predicted octanol–water partition coefficient (Wildman–Crippen LogP) is 4.17. The zero-order chi connectivity index (χ0) is 13.7. The first-order chi connectivity index (χ1) is 9.07. The molecule has 0 atom stereocenters. The summed E-state index contributed by atoms with van der Waals surface area (Å²) in [6.07, 6.45) is 5.23. The van der Waals surface area contributed by atoms with Crippen LogP contribution in [0.3, 0.4) is 0 Å². The largest absolute Gasteiger partial charge is 0.459 e. The number of alkyl halides is 3. The van der Waals surface area contributed by atoms with E-state index >= 15 is 0 Å². The van der Waals surface area contributed by atoms with Crippen LogP contribution in [-0.4, -0.2) is 15.2 Å². The summed E-state index contributed by atoms with van der Waals surface area (Å²) in [4.78, 5) is 2.86. The van der Waals surface area contributed by atoms with E-state index in [0.29, 0.717) is 5.76 Å². The highest BCUT2D eigenvalue weighted by atomic mass is 35.6. The third-order valence-corrected chi connectivity index (χ3v) is 2.38. The van der Waals surface area contributed by atoms with Gasteiger partial charge in [0.2, 0.25) is 0 Å². The first kappa shape index (κ1) is 14.0. The van der Waals surface area contributed by atoms with Crippen molar-refractivity contribution in [1.29, 1.82) is 0 Å². The SMILES string of the molecule is ClC(Cl)(Cl)c1nnc(-c2ccco2)o1.c1cc[nH]c1. The van der Waals surface area contributed by atoms with Crippen LogP contribution in [-0.2, 0) is 3.79 Å². The number of aromatic nitrogens is 3. The van der Waals surface area contributed by atoms with Crippen molar-refractivity contribution >= 4 is 34.8 Å². The molecule has 100 valence electrons. The van der Waals surface area contributed by atoms with Gasteiger partial charge in [0.15, 0.2) is 5.76 Å². The second-order valence-corrected chi connectivity index (χ2v) is 5.55. The van der Waals surface area contributed by atoms with Gasteiger partial charge in [-0.15, -0.1) is 10.2 Å². The van der Waals surface area contributed by atoms with Crippen molar-refractivity contribution < 1.29 is 8.83 Å². The van der Waals surface area contributed by atoms with Gasteiger partial charge in [0.1, 0.15) is 0 Å². The maximum Gasteiger partial charge on any atom is 0.283 e. The highest BCUT2D eigenvalue weighted by Crippen LogP contribution is 2.38. The number of nitrogens with one attached hydrogen (secondary N) is 1. The molecule has 1 N–H and O–H groups in total. The van der Waals surface area contributed by atoms with E-state index in [0.717, 1.165) is 0 Å². The smallest absolute Gasteiger partial charge is 0.283 e. The molecule has 19 heavy (non-hydrogen) atoms. The number of nitrogens with zero attached hydrogens (tertiary/aromatic N) is 2. The molecule has 0 unspecified atom stereocenters. The molecule has 0 amide bonds. The van der Waals surface area contributed by atoms with Gasteiger partial charge in [0.05, 0.1) is 6.26 Å². The molecule has 0 aromatic carbocycles. The van der Waals surface area contributed by atoms with Crippen molar-refractivity contribution in [2.45, 2.75) is 3.79 Å². The Hall–Kier alpha value is -1.43. The van der Waals surface area contributed by atoms with Gasteiger partial charge in [-0.25, -0.2) is 0 Å². The highest BCUT2D eigenvalue weighted by molar-refractivity contribution is 6.66. The summed E-state index contributed by atoms with van der Waals surface area (Å²) in [5, 5.41) is 7.23. The molecule has 0 saturated heterocycles. The molecule has 3 heterocycles. The maximum atomic E-state index is 5.54. The van der Waals surface area contributed by atoms with Gasteiger partial charge in [0, 0.05) is 12.4 Å². The van der Waals surface area contributed by atoms with Gasteiger partial charge in [-0.1, -0.05) is 34.8 Å². The fourth-order valence-corrected chi connectivity index (χ4v) is 1.34. The van der Waals surface area contributed by atoms with Crippen molar-refractivity contribution in [3.63, 3.8) is 0 Å². The van der Waals surface area contributed by atoms with Crippen LogP contribution in [0.15, 0.2) is 51.8 Å².